The average Bonchev–Trinajstić information content (AvgIpc) is 2.28. The van der Waals surface area contributed by atoms with Crippen LogP contribution in [0, 0.1) is 13.8 Å². The lowest BCUT2D eigenvalue weighted by Gasteiger charge is -2.10. The Morgan fingerprint density at radius 1 is 1.24 bits per heavy atom. The third kappa shape index (κ3) is 4.51. The van der Waals surface area contributed by atoms with E-state index in [-0.39, 0.29) is 0 Å². The van der Waals surface area contributed by atoms with Crippen molar-refractivity contribution in [3.05, 3.63) is 40.6 Å². The molecule has 0 aliphatic rings. The van der Waals surface area contributed by atoms with Crippen molar-refractivity contribution >= 4 is 0 Å². The van der Waals surface area contributed by atoms with E-state index < -0.39 is 0 Å². The number of allylic oxidation sites excluding steroid dienone is 2. The molecule has 0 fully saturated rings. The number of benzene rings is 1. The Morgan fingerprint density at radius 2 is 1.94 bits per heavy atom. The largest absolute Gasteiger partial charge is 0.493 e. The first-order valence-corrected chi connectivity index (χ1v) is 6.12. The molecular formula is C15H23NO. The molecule has 0 unspecified atom stereocenters. The van der Waals surface area contributed by atoms with Gasteiger partial charge in [0.15, 0.2) is 0 Å². The van der Waals surface area contributed by atoms with Gasteiger partial charge in [-0.25, -0.2) is 0 Å². The normalized spacial score (nSPS) is 12.2. The average molecular weight is 233 g/mol. The van der Waals surface area contributed by atoms with Gasteiger partial charge in [0.05, 0.1) is 6.61 Å². The lowest BCUT2D eigenvalue weighted by molar-refractivity contribution is 0.308. The molecule has 0 atom stereocenters. The van der Waals surface area contributed by atoms with Crippen molar-refractivity contribution in [2.45, 2.75) is 40.5 Å². The molecule has 17 heavy (non-hydrogen) atoms. The maximum atomic E-state index is 5.78. The Kier molecular flexibility index (Phi) is 5.08. The quantitative estimate of drug-likeness (QED) is 0.787. The van der Waals surface area contributed by atoms with Crippen LogP contribution in [0.25, 0.3) is 0 Å². The SMILES string of the molecule is CC(N)=C(C)CCCOc1cc(C)ccc1C. The van der Waals surface area contributed by atoms with Crippen molar-refractivity contribution < 1.29 is 4.74 Å². The smallest absolute Gasteiger partial charge is 0.122 e. The fourth-order valence-corrected chi connectivity index (χ4v) is 1.58. The Labute approximate surface area is 104 Å². The summed E-state index contributed by atoms with van der Waals surface area (Å²) in [4.78, 5) is 0. The highest BCUT2D eigenvalue weighted by atomic mass is 16.5. The lowest BCUT2D eigenvalue weighted by atomic mass is 10.1. The number of rotatable bonds is 5. The molecular weight excluding hydrogens is 210 g/mol. The molecule has 0 amide bonds. The summed E-state index contributed by atoms with van der Waals surface area (Å²) in [6.07, 6.45) is 2.01. The Morgan fingerprint density at radius 3 is 2.59 bits per heavy atom. The predicted octanol–water partition coefficient (Wildman–Crippen LogP) is 3.72. The van der Waals surface area contributed by atoms with Gasteiger partial charge in [-0.1, -0.05) is 17.7 Å². The fourth-order valence-electron chi connectivity index (χ4n) is 1.58. The van der Waals surface area contributed by atoms with Crippen LogP contribution in [0.15, 0.2) is 29.5 Å². The van der Waals surface area contributed by atoms with Crippen molar-refractivity contribution in [3.63, 3.8) is 0 Å². The lowest BCUT2D eigenvalue weighted by Crippen LogP contribution is -2.01. The molecule has 2 heteroatoms. The third-order valence-electron chi connectivity index (χ3n) is 2.97. The Balaban J connectivity index is 2.41. The van der Waals surface area contributed by atoms with E-state index in [0.717, 1.165) is 30.9 Å². The van der Waals surface area contributed by atoms with E-state index in [4.69, 9.17) is 10.5 Å². The summed E-state index contributed by atoms with van der Waals surface area (Å²) in [6.45, 7) is 8.92. The molecule has 2 nitrogen and oxygen atoms in total. The third-order valence-corrected chi connectivity index (χ3v) is 2.97. The molecule has 94 valence electrons. The molecule has 1 aromatic carbocycles. The molecule has 0 aromatic heterocycles. The van der Waals surface area contributed by atoms with Gasteiger partial charge < -0.3 is 10.5 Å². The van der Waals surface area contributed by atoms with E-state index in [1.165, 1.54) is 16.7 Å². The highest BCUT2D eigenvalue weighted by molar-refractivity contribution is 5.35. The van der Waals surface area contributed by atoms with Gasteiger partial charge in [0.25, 0.3) is 0 Å². The minimum Gasteiger partial charge on any atom is -0.493 e. The zero-order valence-corrected chi connectivity index (χ0v) is 11.3. The highest BCUT2D eigenvalue weighted by Crippen LogP contribution is 2.19. The predicted molar refractivity (Wildman–Crippen MR) is 73.2 cm³/mol. The minimum atomic E-state index is 0.745. The molecule has 0 heterocycles. The van der Waals surface area contributed by atoms with Crippen LogP contribution in [-0.2, 0) is 0 Å². The van der Waals surface area contributed by atoms with Crippen LogP contribution in [0.3, 0.4) is 0 Å². The van der Waals surface area contributed by atoms with E-state index in [1.54, 1.807) is 0 Å². The zero-order valence-electron chi connectivity index (χ0n) is 11.3. The Hall–Kier alpha value is -1.44. The van der Waals surface area contributed by atoms with Gasteiger partial charge in [0.2, 0.25) is 0 Å². The second-order valence-electron chi connectivity index (χ2n) is 4.68. The van der Waals surface area contributed by atoms with Gasteiger partial charge in [-0.15, -0.1) is 0 Å². The van der Waals surface area contributed by atoms with Crippen molar-refractivity contribution in [1.29, 1.82) is 0 Å². The molecule has 2 N–H and O–H groups in total. The summed E-state index contributed by atoms with van der Waals surface area (Å²) in [6, 6.07) is 6.29. The number of aryl methyl sites for hydroxylation is 2. The highest BCUT2D eigenvalue weighted by Gasteiger charge is 2.00. The molecule has 0 spiro atoms. The van der Waals surface area contributed by atoms with Crippen molar-refractivity contribution in [2.24, 2.45) is 5.73 Å². The molecule has 1 aromatic rings. The molecule has 0 aliphatic carbocycles. The second-order valence-corrected chi connectivity index (χ2v) is 4.68. The van der Waals surface area contributed by atoms with Crippen molar-refractivity contribution in [2.75, 3.05) is 6.61 Å². The van der Waals surface area contributed by atoms with Crippen LogP contribution in [0.4, 0.5) is 0 Å². The summed E-state index contributed by atoms with van der Waals surface area (Å²) >= 11 is 0. The van der Waals surface area contributed by atoms with E-state index in [1.807, 2.05) is 6.92 Å². The standard InChI is InChI=1S/C15H23NO/c1-11-7-8-13(3)15(10-11)17-9-5-6-12(2)14(4)16/h7-8,10H,5-6,9,16H2,1-4H3. The van der Waals surface area contributed by atoms with Gasteiger partial charge in [-0.2, -0.15) is 0 Å². The van der Waals surface area contributed by atoms with E-state index in [2.05, 4.69) is 39.0 Å². The maximum absolute atomic E-state index is 5.78. The first kappa shape index (κ1) is 13.6. The number of hydrogen-bond donors (Lipinski definition) is 1. The number of nitrogens with two attached hydrogens (primary N) is 1. The number of ether oxygens (including phenoxy) is 1. The Bertz CT molecular complexity index is 403. The monoisotopic (exact) mass is 233 g/mol. The molecule has 0 saturated carbocycles. The molecule has 0 saturated heterocycles. The summed E-state index contributed by atoms with van der Waals surface area (Å²) in [7, 11) is 0. The summed E-state index contributed by atoms with van der Waals surface area (Å²) in [5.41, 5.74) is 10.3. The number of hydrogen-bond acceptors (Lipinski definition) is 2. The summed E-state index contributed by atoms with van der Waals surface area (Å²) < 4.78 is 5.78. The van der Waals surface area contributed by atoms with E-state index >= 15 is 0 Å². The summed E-state index contributed by atoms with van der Waals surface area (Å²) in [5.74, 6) is 0.996. The summed E-state index contributed by atoms with van der Waals surface area (Å²) in [5, 5.41) is 0. The fraction of sp³-hybridized carbons (Fsp3) is 0.467. The van der Waals surface area contributed by atoms with Crippen LogP contribution < -0.4 is 10.5 Å². The molecule has 0 radical (unpaired) electrons. The van der Waals surface area contributed by atoms with Crippen LogP contribution in [0.5, 0.6) is 5.75 Å². The molecule has 1 rings (SSSR count). The van der Waals surface area contributed by atoms with Crippen LogP contribution in [-0.4, -0.2) is 6.61 Å². The second kappa shape index (κ2) is 6.33. The van der Waals surface area contributed by atoms with Crippen molar-refractivity contribution in [1.82, 2.24) is 0 Å². The van der Waals surface area contributed by atoms with Gasteiger partial charge in [-0.3, -0.25) is 0 Å². The molecule has 0 bridgehead atoms. The topological polar surface area (TPSA) is 35.2 Å². The maximum Gasteiger partial charge on any atom is 0.122 e. The first-order valence-electron chi connectivity index (χ1n) is 6.12. The van der Waals surface area contributed by atoms with Crippen LogP contribution >= 0.6 is 0 Å². The van der Waals surface area contributed by atoms with E-state index in [0.29, 0.717) is 0 Å². The van der Waals surface area contributed by atoms with Crippen molar-refractivity contribution in [3.8, 4) is 5.75 Å². The van der Waals surface area contributed by atoms with Gasteiger partial charge in [0, 0.05) is 5.70 Å². The zero-order chi connectivity index (χ0) is 12.8. The van der Waals surface area contributed by atoms with Gasteiger partial charge in [0.1, 0.15) is 5.75 Å². The first-order chi connectivity index (χ1) is 8.00. The van der Waals surface area contributed by atoms with Crippen LogP contribution in [0.2, 0.25) is 0 Å². The molecule has 0 aliphatic heterocycles. The minimum absolute atomic E-state index is 0.745. The van der Waals surface area contributed by atoms with Gasteiger partial charge in [-0.05, 0) is 57.7 Å². The van der Waals surface area contributed by atoms with Gasteiger partial charge >= 0.3 is 0 Å². The van der Waals surface area contributed by atoms with E-state index in [9.17, 15) is 0 Å². The van der Waals surface area contributed by atoms with Crippen LogP contribution in [0.1, 0.15) is 37.8 Å².